The molecule has 2 aliphatic rings. The van der Waals surface area contributed by atoms with Gasteiger partial charge in [-0.25, -0.2) is 8.78 Å². The van der Waals surface area contributed by atoms with E-state index in [0.29, 0.717) is 35.3 Å². The third-order valence-corrected chi connectivity index (χ3v) is 8.40. The van der Waals surface area contributed by atoms with E-state index in [1.807, 2.05) is 12.1 Å². The molecule has 0 nitrogen and oxygen atoms in total. The van der Waals surface area contributed by atoms with Crippen LogP contribution in [0.3, 0.4) is 0 Å². The molecule has 0 aliphatic heterocycles. The van der Waals surface area contributed by atoms with Gasteiger partial charge in [-0.15, -0.1) is 0 Å². The molecule has 0 atom stereocenters. The second kappa shape index (κ2) is 11.6. The Morgan fingerprint density at radius 3 is 1.52 bits per heavy atom. The summed E-state index contributed by atoms with van der Waals surface area (Å²) in [5.74, 6) is 1.38. The van der Waals surface area contributed by atoms with Crippen molar-refractivity contribution < 1.29 is 13.2 Å². The molecule has 0 aromatic heterocycles. The molecule has 0 radical (unpaired) electrons. The standard InChI is InChI=1S/C30H39F3/c1-2-3-4-21-5-9-23(10-6-21)25-13-15-27(29(32)19-25)28-16-14-26(20-30(28)33)24-11-7-22(8-12-24)17-18-31/h13-16,19-24H,2-12,17-18H2,1H3/t21-,22-,23-,24-. The molecule has 0 spiro atoms. The summed E-state index contributed by atoms with van der Waals surface area (Å²) in [6.45, 7) is 2.00. The van der Waals surface area contributed by atoms with Gasteiger partial charge in [-0.2, -0.15) is 0 Å². The minimum absolute atomic E-state index is 0.247. The smallest absolute Gasteiger partial charge is 0.131 e. The molecule has 0 bridgehead atoms. The van der Waals surface area contributed by atoms with E-state index in [1.165, 1.54) is 32.1 Å². The highest BCUT2D eigenvalue weighted by molar-refractivity contribution is 5.66. The van der Waals surface area contributed by atoms with Crippen LogP contribution in [-0.2, 0) is 0 Å². The molecule has 3 heteroatoms. The van der Waals surface area contributed by atoms with Gasteiger partial charge in [-0.05, 0) is 105 Å². The van der Waals surface area contributed by atoms with Crippen LogP contribution >= 0.6 is 0 Å². The van der Waals surface area contributed by atoms with Gasteiger partial charge in [0.15, 0.2) is 0 Å². The molecule has 2 aromatic rings. The molecule has 33 heavy (non-hydrogen) atoms. The predicted octanol–water partition coefficient (Wildman–Crippen LogP) is 9.73. The summed E-state index contributed by atoms with van der Waals surface area (Å²) < 4.78 is 42.7. The number of rotatable bonds is 8. The molecule has 0 heterocycles. The van der Waals surface area contributed by atoms with E-state index in [-0.39, 0.29) is 18.3 Å². The van der Waals surface area contributed by atoms with Gasteiger partial charge in [0.05, 0.1) is 6.67 Å². The van der Waals surface area contributed by atoms with Crippen LogP contribution in [-0.4, -0.2) is 6.67 Å². The van der Waals surface area contributed by atoms with Crippen molar-refractivity contribution in [2.45, 2.75) is 95.8 Å². The van der Waals surface area contributed by atoms with Gasteiger partial charge in [0.2, 0.25) is 0 Å². The highest BCUT2D eigenvalue weighted by Gasteiger charge is 2.25. The van der Waals surface area contributed by atoms with Gasteiger partial charge in [-0.3, -0.25) is 4.39 Å². The number of alkyl halides is 1. The predicted molar refractivity (Wildman–Crippen MR) is 131 cm³/mol. The second-order valence-electron chi connectivity index (χ2n) is 10.5. The van der Waals surface area contributed by atoms with Crippen molar-refractivity contribution in [3.05, 3.63) is 59.2 Å². The fraction of sp³-hybridized carbons (Fsp3) is 0.600. The van der Waals surface area contributed by atoms with Crippen molar-refractivity contribution in [1.82, 2.24) is 0 Å². The Hall–Kier alpha value is -1.77. The van der Waals surface area contributed by atoms with Crippen LogP contribution in [0.2, 0.25) is 0 Å². The van der Waals surface area contributed by atoms with E-state index in [1.54, 1.807) is 24.3 Å². The van der Waals surface area contributed by atoms with E-state index in [2.05, 4.69) is 6.92 Å². The first-order valence-electron chi connectivity index (χ1n) is 13.2. The molecular weight excluding hydrogens is 417 g/mol. The van der Waals surface area contributed by atoms with Gasteiger partial charge in [0.25, 0.3) is 0 Å². The number of hydrogen-bond acceptors (Lipinski definition) is 0. The number of halogens is 3. The van der Waals surface area contributed by atoms with Crippen LogP contribution in [0, 0.1) is 23.5 Å². The quantitative estimate of drug-likeness (QED) is 0.371. The lowest BCUT2D eigenvalue weighted by molar-refractivity contribution is 0.283. The lowest BCUT2D eigenvalue weighted by Crippen LogP contribution is -2.14. The van der Waals surface area contributed by atoms with Gasteiger partial charge in [0.1, 0.15) is 11.6 Å². The zero-order valence-corrected chi connectivity index (χ0v) is 20.1. The third kappa shape index (κ3) is 6.03. The molecule has 2 saturated carbocycles. The van der Waals surface area contributed by atoms with Crippen LogP contribution in [0.25, 0.3) is 11.1 Å². The molecule has 0 N–H and O–H groups in total. The summed E-state index contributed by atoms with van der Waals surface area (Å²) in [4.78, 5) is 0. The SMILES string of the molecule is CCCC[C@H]1CC[C@H](c2ccc(-c3ccc([C@H]4CC[C@H](CCF)CC4)cc3F)c(F)c2)CC1. The largest absolute Gasteiger partial charge is 0.251 e. The normalized spacial score (nSPS) is 25.8. The molecule has 2 fully saturated rings. The maximum absolute atomic E-state index is 15.1. The lowest BCUT2D eigenvalue weighted by atomic mass is 9.76. The molecule has 0 saturated heterocycles. The zero-order valence-electron chi connectivity index (χ0n) is 20.1. The monoisotopic (exact) mass is 456 g/mol. The van der Waals surface area contributed by atoms with Crippen LogP contribution in [0.1, 0.15) is 107 Å². The fourth-order valence-corrected chi connectivity index (χ4v) is 6.22. The average Bonchev–Trinajstić information content (AvgIpc) is 2.84. The van der Waals surface area contributed by atoms with E-state index in [4.69, 9.17) is 0 Å². The van der Waals surface area contributed by atoms with E-state index < -0.39 is 0 Å². The topological polar surface area (TPSA) is 0 Å². The Morgan fingerprint density at radius 1 is 0.667 bits per heavy atom. The van der Waals surface area contributed by atoms with Crippen molar-refractivity contribution in [2.24, 2.45) is 11.8 Å². The van der Waals surface area contributed by atoms with Crippen molar-refractivity contribution in [3.63, 3.8) is 0 Å². The van der Waals surface area contributed by atoms with E-state index in [9.17, 15) is 4.39 Å². The van der Waals surface area contributed by atoms with Crippen LogP contribution in [0.15, 0.2) is 36.4 Å². The maximum Gasteiger partial charge on any atom is 0.131 e. The first-order valence-corrected chi connectivity index (χ1v) is 13.2. The Balaban J connectivity index is 1.41. The summed E-state index contributed by atoms with van der Waals surface area (Å²) in [5.41, 5.74) is 2.75. The van der Waals surface area contributed by atoms with Crippen molar-refractivity contribution >= 4 is 0 Å². The first kappa shape index (κ1) is 24.4. The summed E-state index contributed by atoms with van der Waals surface area (Å²) in [5, 5.41) is 0. The second-order valence-corrected chi connectivity index (χ2v) is 10.5. The van der Waals surface area contributed by atoms with E-state index in [0.717, 1.165) is 55.6 Å². The fourth-order valence-electron chi connectivity index (χ4n) is 6.22. The number of hydrogen-bond donors (Lipinski definition) is 0. The van der Waals surface area contributed by atoms with Crippen molar-refractivity contribution in [1.29, 1.82) is 0 Å². The highest BCUT2D eigenvalue weighted by atomic mass is 19.1. The van der Waals surface area contributed by atoms with Gasteiger partial charge < -0.3 is 0 Å². The minimum Gasteiger partial charge on any atom is -0.251 e. The van der Waals surface area contributed by atoms with Crippen LogP contribution < -0.4 is 0 Å². The molecular formula is C30H39F3. The third-order valence-electron chi connectivity index (χ3n) is 8.40. The summed E-state index contributed by atoms with van der Waals surface area (Å²) in [7, 11) is 0. The minimum atomic E-state index is -0.346. The summed E-state index contributed by atoms with van der Waals surface area (Å²) >= 11 is 0. The molecule has 2 aliphatic carbocycles. The van der Waals surface area contributed by atoms with Crippen molar-refractivity contribution in [3.8, 4) is 11.1 Å². The zero-order chi connectivity index (χ0) is 23.2. The lowest BCUT2D eigenvalue weighted by Gasteiger charge is -2.29. The Labute approximate surface area is 198 Å². The average molecular weight is 457 g/mol. The van der Waals surface area contributed by atoms with Gasteiger partial charge in [0, 0.05) is 11.1 Å². The van der Waals surface area contributed by atoms with E-state index >= 15 is 8.78 Å². The molecule has 2 aromatic carbocycles. The maximum atomic E-state index is 15.1. The molecule has 0 unspecified atom stereocenters. The van der Waals surface area contributed by atoms with Gasteiger partial charge in [-0.1, -0.05) is 50.5 Å². The van der Waals surface area contributed by atoms with Crippen LogP contribution in [0.4, 0.5) is 13.2 Å². The Bertz CT molecular complexity index is 889. The summed E-state index contributed by atoms with van der Waals surface area (Å²) in [6.07, 6.45) is 13.2. The number of unbranched alkanes of at least 4 members (excludes halogenated alkanes) is 1. The molecule has 4 rings (SSSR count). The summed E-state index contributed by atoms with van der Waals surface area (Å²) in [6, 6.07) is 10.7. The molecule has 0 amide bonds. The molecule has 180 valence electrons. The van der Waals surface area contributed by atoms with Gasteiger partial charge >= 0.3 is 0 Å². The Morgan fingerprint density at radius 2 is 1.12 bits per heavy atom. The first-order chi connectivity index (χ1) is 16.1. The van der Waals surface area contributed by atoms with Crippen molar-refractivity contribution in [2.75, 3.05) is 6.67 Å². The van der Waals surface area contributed by atoms with Crippen LogP contribution in [0.5, 0.6) is 0 Å². The Kier molecular flexibility index (Phi) is 8.55. The highest BCUT2D eigenvalue weighted by Crippen LogP contribution is 2.40. The number of benzene rings is 2.